The summed E-state index contributed by atoms with van der Waals surface area (Å²) in [5.74, 6) is -0.150. The summed E-state index contributed by atoms with van der Waals surface area (Å²) in [6.45, 7) is 0. The molecule has 0 radical (unpaired) electrons. The second-order valence-electron chi connectivity index (χ2n) is 4.86. The van der Waals surface area contributed by atoms with E-state index in [0.29, 0.717) is 12.1 Å². The van der Waals surface area contributed by atoms with Crippen molar-refractivity contribution in [2.75, 3.05) is 18.6 Å². The van der Waals surface area contributed by atoms with Crippen molar-refractivity contribution in [3.05, 3.63) is 33.4 Å². The van der Waals surface area contributed by atoms with Crippen molar-refractivity contribution in [3.63, 3.8) is 0 Å². The molecule has 1 aromatic carbocycles. The summed E-state index contributed by atoms with van der Waals surface area (Å²) < 4.78 is 63.3. The van der Waals surface area contributed by atoms with Crippen LogP contribution in [0.5, 0.6) is 0 Å². The molecule has 12 heteroatoms. The van der Waals surface area contributed by atoms with Gasteiger partial charge in [0.1, 0.15) is 22.5 Å². The first-order valence-corrected chi connectivity index (χ1v) is 9.04. The molecule has 2 rings (SSSR count). The maximum Gasteiger partial charge on any atom is 0.416 e. The Kier molecular flexibility index (Phi) is 4.96. The van der Waals surface area contributed by atoms with Crippen molar-refractivity contribution in [2.24, 2.45) is 0 Å². The zero-order chi connectivity index (χ0) is 19.2. The van der Waals surface area contributed by atoms with Crippen LogP contribution < -0.4 is 5.32 Å². The number of alkyl halides is 3. The third-order valence-corrected chi connectivity index (χ3v) is 4.82. The van der Waals surface area contributed by atoms with Crippen molar-refractivity contribution < 1.29 is 21.6 Å². The molecule has 1 heterocycles. The minimum atomic E-state index is -4.67. The van der Waals surface area contributed by atoms with Gasteiger partial charge in [0.15, 0.2) is 15.5 Å². The van der Waals surface area contributed by atoms with Crippen LogP contribution in [0.1, 0.15) is 11.3 Å². The second-order valence-corrected chi connectivity index (χ2v) is 7.63. The van der Waals surface area contributed by atoms with Crippen LogP contribution in [0.4, 0.5) is 19.0 Å². The molecule has 1 N–H and O–H groups in total. The van der Waals surface area contributed by atoms with E-state index in [4.69, 9.17) is 28.5 Å². The number of hydrogen-bond acceptors (Lipinski definition) is 5. The average molecular weight is 413 g/mol. The molecule has 0 spiro atoms. The highest BCUT2D eigenvalue weighted by molar-refractivity contribution is 7.91. The average Bonchev–Trinajstić information content (AvgIpc) is 2.84. The summed E-state index contributed by atoms with van der Waals surface area (Å²) in [6.07, 6.45) is -3.80. The van der Waals surface area contributed by atoms with E-state index in [0.717, 1.165) is 10.9 Å². The zero-order valence-corrected chi connectivity index (χ0v) is 14.9. The van der Waals surface area contributed by atoms with E-state index in [1.54, 1.807) is 6.07 Å². The Morgan fingerprint density at radius 3 is 2.16 bits per heavy atom. The van der Waals surface area contributed by atoms with E-state index in [1.807, 2.05) is 0 Å². The van der Waals surface area contributed by atoms with Gasteiger partial charge in [0, 0.05) is 13.3 Å². The lowest BCUT2D eigenvalue weighted by molar-refractivity contribution is -0.137. The molecular formula is C13H9Cl2F3N4O2S. The molecule has 0 bridgehead atoms. The SMILES string of the molecule is CNc1c(S(C)(=O)=O)c(C#N)nn1-c1c(Cl)cc(C(F)(F)F)cc1Cl. The summed E-state index contributed by atoms with van der Waals surface area (Å²) >= 11 is 11.8. The summed E-state index contributed by atoms with van der Waals surface area (Å²) in [5.41, 5.74) is -1.71. The molecule has 0 unspecified atom stereocenters. The molecule has 0 atom stereocenters. The van der Waals surface area contributed by atoms with Crippen LogP contribution in [0, 0.1) is 11.3 Å². The van der Waals surface area contributed by atoms with Gasteiger partial charge < -0.3 is 5.32 Å². The lowest BCUT2D eigenvalue weighted by atomic mass is 10.2. The molecule has 25 heavy (non-hydrogen) atoms. The highest BCUT2D eigenvalue weighted by Crippen LogP contribution is 2.39. The standard InChI is InChI=1S/C13H9Cl2F3N4O2S/c1-20-12-11(25(2,23)24)9(5-19)21-22(12)10-7(14)3-6(4-8(10)15)13(16,17)18/h3-4,20H,1-2H3. The maximum absolute atomic E-state index is 12.8. The fourth-order valence-electron chi connectivity index (χ4n) is 2.14. The van der Waals surface area contributed by atoms with Gasteiger partial charge in [-0.25, -0.2) is 13.1 Å². The van der Waals surface area contributed by atoms with Gasteiger partial charge in [-0.05, 0) is 12.1 Å². The Morgan fingerprint density at radius 2 is 1.80 bits per heavy atom. The van der Waals surface area contributed by atoms with Crippen molar-refractivity contribution in [1.82, 2.24) is 9.78 Å². The summed E-state index contributed by atoms with van der Waals surface area (Å²) in [7, 11) is -2.51. The number of sulfone groups is 1. The number of nitrogens with zero attached hydrogens (tertiary/aromatic N) is 3. The summed E-state index contributed by atoms with van der Waals surface area (Å²) in [6, 6.07) is 2.89. The van der Waals surface area contributed by atoms with E-state index >= 15 is 0 Å². The number of benzene rings is 1. The topological polar surface area (TPSA) is 87.8 Å². The Labute approximate surface area is 150 Å². The highest BCUT2D eigenvalue weighted by Gasteiger charge is 2.33. The first-order valence-electron chi connectivity index (χ1n) is 6.39. The van der Waals surface area contributed by atoms with Gasteiger partial charge >= 0.3 is 6.18 Å². The third-order valence-electron chi connectivity index (χ3n) is 3.11. The smallest absolute Gasteiger partial charge is 0.372 e. The first-order chi connectivity index (χ1) is 11.4. The maximum atomic E-state index is 12.8. The van der Waals surface area contributed by atoms with Crippen LogP contribution in [0.25, 0.3) is 5.69 Å². The molecule has 6 nitrogen and oxygen atoms in total. The molecular weight excluding hydrogens is 404 g/mol. The Hall–Kier alpha value is -1.96. The number of halogens is 5. The van der Waals surface area contributed by atoms with Crippen molar-refractivity contribution >= 4 is 38.9 Å². The van der Waals surface area contributed by atoms with Gasteiger partial charge in [-0.3, -0.25) is 0 Å². The zero-order valence-electron chi connectivity index (χ0n) is 12.6. The number of nitrogens with one attached hydrogen (secondary N) is 1. The van der Waals surface area contributed by atoms with Crippen LogP contribution in [0.3, 0.4) is 0 Å². The lowest BCUT2D eigenvalue weighted by Gasteiger charge is -2.14. The van der Waals surface area contributed by atoms with Gasteiger partial charge in [-0.1, -0.05) is 23.2 Å². The number of rotatable bonds is 3. The summed E-state index contributed by atoms with van der Waals surface area (Å²) in [5, 5.41) is 14.7. The van der Waals surface area contributed by atoms with E-state index in [1.165, 1.54) is 7.05 Å². The second kappa shape index (κ2) is 6.40. The Bertz CT molecular complexity index is 971. The number of nitriles is 1. The first kappa shape index (κ1) is 19.4. The molecule has 1 aromatic heterocycles. The molecule has 0 aliphatic carbocycles. The predicted octanol–water partition coefficient (Wildman–Crippen LogP) is 3.51. The fourth-order valence-corrected chi connectivity index (χ4v) is 3.77. The highest BCUT2D eigenvalue weighted by atomic mass is 35.5. The van der Waals surface area contributed by atoms with Gasteiger partial charge in [-0.2, -0.15) is 23.5 Å². The number of hydrogen-bond donors (Lipinski definition) is 1. The van der Waals surface area contributed by atoms with Gasteiger partial charge in [0.2, 0.25) is 0 Å². The van der Waals surface area contributed by atoms with Gasteiger partial charge in [0.05, 0.1) is 15.6 Å². The van der Waals surface area contributed by atoms with Crippen molar-refractivity contribution in [1.29, 1.82) is 5.26 Å². The van der Waals surface area contributed by atoms with Crippen LogP contribution in [-0.2, 0) is 16.0 Å². The molecule has 0 aliphatic heterocycles. The van der Waals surface area contributed by atoms with Gasteiger partial charge in [0.25, 0.3) is 0 Å². The molecule has 0 aliphatic rings. The van der Waals surface area contributed by atoms with E-state index in [9.17, 15) is 21.6 Å². The van der Waals surface area contributed by atoms with Crippen LogP contribution in [0.2, 0.25) is 10.0 Å². The minimum Gasteiger partial charge on any atom is -0.372 e. The van der Waals surface area contributed by atoms with Gasteiger partial charge in [-0.15, -0.1) is 0 Å². The molecule has 0 saturated heterocycles. The van der Waals surface area contributed by atoms with Crippen molar-refractivity contribution in [2.45, 2.75) is 11.1 Å². The molecule has 2 aromatic rings. The third kappa shape index (κ3) is 3.53. The van der Waals surface area contributed by atoms with E-state index in [2.05, 4.69) is 10.4 Å². The Balaban J connectivity index is 2.85. The van der Waals surface area contributed by atoms with E-state index < -0.39 is 42.2 Å². The van der Waals surface area contributed by atoms with E-state index in [-0.39, 0.29) is 11.5 Å². The minimum absolute atomic E-state index is 0.150. The quantitative estimate of drug-likeness (QED) is 0.832. The van der Waals surface area contributed by atoms with Crippen LogP contribution in [-0.4, -0.2) is 31.5 Å². The Morgan fingerprint density at radius 1 is 1.28 bits per heavy atom. The molecule has 0 saturated carbocycles. The van der Waals surface area contributed by atoms with Crippen LogP contribution >= 0.6 is 23.2 Å². The molecule has 0 amide bonds. The van der Waals surface area contributed by atoms with Crippen molar-refractivity contribution in [3.8, 4) is 11.8 Å². The fraction of sp³-hybridized carbons (Fsp3) is 0.231. The number of anilines is 1. The predicted molar refractivity (Wildman–Crippen MR) is 86.0 cm³/mol. The molecule has 134 valence electrons. The lowest BCUT2D eigenvalue weighted by Crippen LogP contribution is -2.09. The van der Waals surface area contributed by atoms with Crippen LogP contribution in [0.15, 0.2) is 17.0 Å². The normalized spacial score (nSPS) is 12.1. The monoisotopic (exact) mass is 412 g/mol. The summed E-state index contributed by atoms with van der Waals surface area (Å²) in [4.78, 5) is -0.412. The molecule has 0 fully saturated rings. The largest absolute Gasteiger partial charge is 0.416 e. The number of aromatic nitrogens is 2.